The number of nitrogens with two attached hydrogens (primary N) is 1. The van der Waals surface area contributed by atoms with Gasteiger partial charge in [0.05, 0.1) is 20.9 Å². The molecule has 0 radical (unpaired) electrons. The van der Waals surface area contributed by atoms with Crippen molar-refractivity contribution in [2.24, 2.45) is 10.2 Å². The monoisotopic (exact) mass is 463 g/mol. The summed E-state index contributed by atoms with van der Waals surface area (Å²) in [5.74, 6) is 0.0239. The van der Waals surface area contributed by atoms with Gasteiger partial charge in [-0.15, -0.1) is 10.2 Å². The van der Waals surface area contributed by atoms with Gasteiger partial charge >= 0.3 is 0 Å². The van der Waals surface area contributed by atoms with E-state index in [0.29, 0.717) is 15.9 Å². The number of rotatable bonds is 5. The molecule has 1 aromatic carbocycles. The van der Waals surface area contributed by atoms with Crippen molar-refractivity contribution in [2.45, 2.75) is 24.1 Å². The summed E-state index contributed by atoms with van der Waals surface area (Å²) < 4.78 is 55.7. The first-order chi connectivity index (χ1) is 13.0. The van der Waals surface area contributed by atoms with Gasteiger partial charge in [-0.2, -0.15) is 13.5 Å². The maximum absolute atomic E-state index is 11.3. The summed E-state index contributed by atoms with van der Waals surface area (Å²) in [5.41, 5.74) is 6.84. The molecule has 3 N–H and O–H groups in total. The Morgan fingerprint density at radius 1 is 1.43 bits per heavy atom. The zero-order valence-corrected chi connectivity index (χ0v) is 17.4. The Labute approximate surface area is 170 Å². The Morgan fingerprint density at radius 2 is 2.11 bits per heavy atom. The van der Waals surface area contributed by atoms with Crippen LogP contribution >= 0.6 is 22.9 Å². The van der Waals surface area contributed by atoms with Gasteiger partial charge in [-0.05, 0) is 37.1 Å². The topological polar surface area (TPSA) is 176 Å². The Kier molecular flexibility index (Phi) is 5.53. The number of halogens is 1. The third-order valence-electron chi connectivity index (χ3n) is 3.66. The van der Waals surface area contributed by atoms with Crippen LogP contribution in [0.15, 0.2) is 27.3 Å². The molecule has 3 aromatic rings. The standard InChI is InChI=1S/C13H13ClN6O5S3/c1-5-11(12(15)20(19-5)6(2)27(21)22)17-18-13-16-8-3-7(14)10(28(23,24)25)4-9(8)26-13/h3-4,6H,15H2,1-2H3,(H,21,22)(H,23,24,25)/p-1. The molecule has 0 saturated carbocycles. The number of nitrogens with zero attached hydrogens (tertiary/aromatic N) is 5. The maximum Gasteiger partial charge on any atom is 0.296 e. The van der Waals surface area contributed by atoms with Gasteiger partial charge in [-0.3, -0.25) is 8.76 Å². The molecule has 28 heavy (non-hydrogen) atoms. The number of thiazole rings is 1. The number of aromatic nitrogens is 3. The average molecular weight is 464 g/mol. The minimum Gasteiger partial charge on any atom is -0.771 e. The molecule has 0 amide bonds. The van der Waals surface area contributed by atoms with E-state index in [1.54, 1.807) is 6.92 Å². The van der Waals surface area contributed by atoms with Crippen LogP contribution < -0.4 is 5.73 Å². The number of fused-ring (bicyclic) bond motifs is 1. The van der Waals surface area contributed by atoms with Crippen LogP contribution in [-0.4, -0.2) is 36.5 Å². The fourth-order valence-corrected chi connectivity index (χ4v) is 4.52. The Morgan fingerprint density at radius 3 is 2.71 bits per heavy atom. The van der Waals surface area contributed by atoms with Crippen molar-refractivity contribution in [1.29, 1.82) is 0 Å². The van der Waals surface area contributed by atoms with E-state index < -0.39 is 31.5 Å². The zero-order chi connectivity index (χ0) is 20.8. The summed E-state index contributed by atoms with van der Waals surface area (Å²) in [6, 6.07) is 2.48. The van der Waals surface area contributed by atoms with E-state index in [-0.39, 0.29) is 21.7 Å². The van der Waals surface area contributed by atoms with E-state index in [0.717, 1.165) is 16.0 Å². The fraction of sp³-hybridized carbons (Fsp3) is 0.231. The molecule has 11 nitrogen and oxygen atoms in total. The van der Waals surface area contributed by atoms with Crippen molar-refractivity contribution in [2.75, 3.05) is 5.73 Å². The van der Waals surface area contributed by atoms with Gasteiger partial charge in [0.1, 0.15) is 10.3 Å². The van der Waals surface area contributed by atoms with Crippen molar-refractivity contribution in [3.8, 4) is 0 Å². The molecule has 2 heterocycles. The van der Waals surface area contributed by atoms with E-state index in [2.05, 4.69) is 20.3 Å². The molecule has 0 aliphatic heterocycles. The van der Waals surface area contributed by atoms with E-state index in [1.165, 1.54) is 19.1 Å². The minimum absolute atomic E-state index is 0.0239. The minimum atomic E-state index is -4.48. The molecule has 0 saturated heterocycles. The molecule has 2 unspecified atom stereocenters. The third-order valence-corrected chi connectivity index (χ3v) is 6.63. The van der Waals surface area contributed by atoms with E-state index in [9.17, 15) is 21.7 Å². The van der Waals surface area contributed by atoms with Crippen LogP contribution in [0.25, 0.3) is 10.2 Å². The molecule has 2 aromatic heterocycles. The molecule has 3 rings (SSSR count). The highest BCUT2D eigenvalue weighted by Crippen LogP contribution is 2.36. The van der Waals surface area contributed by atoms with E-state index in [4.69, 9.17) is 17.3 Å². The van der Waals surface area contributed by atoms with Crippen LogP contribution in [0.2, 0.25) is 5.02 Å². The number of nitrogen functional groups attached to an aromatic ring is 1. The van der Waals surface area contributed by atoms with Gasteiger partial charge in [0.15, 0.2) is 11.5 Å². The normalized spacial score (nSPS) is 14.8. The van der Waals surface area contributed by atoms with Crippen LogP contribution in [0.3, 0.4) is 0 Å². The molecule has 150 valence electrons. The molecule has 0 aliphatic rings. The highest BCUT2D eigenvalue weighted by atomic mass is 35.5. The predicted octanol–water partition coefficient (Wildman–Crippen LogP) is 3.10. The molecular weight excluding hydrogens is 452 g/mol. The van der Waals surface area contributed by atoms with Crippen LogP contribution in [0.5, 0.6) is 0 Å². The Balaban J connectivity index is 1.99. The van der Waals surface area contributed by atoms with Crippen molar-refractivity contribution in [3.05, 3.63) is 22.8 Å². The number of hydrogen-bond donors (Lipinski definition) is 2. The highest BCUT2D eigenvalue weighted by Gasteiger charge is 2.19. The average Bonchev–Trinajstić information content (AvgIpc) is 3.10. The molecule has 0 aliphatic carbocycles. The van der Waals surface area contributed by atoms with Crippen LogP contribution in [0.4, 0.5) is 16.6 Å². The molecule has 15 heteroatoms. The third kappa shape index (κ3) is 3.92. The molecular formula is C13H12ClN6O5S3-. The van der Waals surface area contributed by atoms with Crippen molar-refractivity contribution in [1.82, 2.24) is 14.8 Å². The van der Waals surface area contributed by atoms with Gasteiger partial charge in [-0.25, -0.2) is 9.67 Å². The quantitative estimate of drug-likeness (QED) is 0.329. The lowest BCUT2D eigenvalue weighted by molar-refractivity contribution is 0.483. The maximum atomic E-state index is 11.3. The number of anilines is 1. The number of benzene rings is 1. The first-order valence-electron chi connectivity index (χ1n) is 7.41. The molecule has 2 atom stereocenters. The fourth-order valence-electron chi connectivity index (χ4n) is 2.29. The zero-order valence-electron chi connectivity index (χ0n) is 14.2. The summed E-state index contributed by atoms with van der Waals surface area (Å²) >= 11 is 4.45. The lowest BCUT2D eigenvalue weighted by atomic mass is 10.3. The molecule has 0 spiro atoms. The Hall–Kier alpha value is -1.97. The van der Waals surface area contributed by atoms with Crippen LogP contribution in [-0.2, 0) is 21.2 Å². The lowest BCUT2D eigenvalue weighted by Crippen LogP contribution is -2.14. The number of aryl methyl sites for hydroxylation is 1. The first kappa shape index (κ1) is 20.8. The van der Waals surface area contributed by atoms with Crippen molar-refractivity contribution in [3.63, 3.8) is 0 Å². The van der Waals surface area contributed by atoms with Crippen LogP contribution in [0, 0.1) is 6.92 Å². The smallest absolute Gasteiger partial charge is 0.296 e. The SMILES string of the molecule is Cc1nn(C(C)S(=O)[O-])c(N)c1N=Nc1nc2cc(Cl)c(S(=O)(=O)O)cc2s1. The van der Waals surface area contributed by atoms with Gasteiger partial charge in [0.25, 0.3) is 10.1 Å². The second kappa shape index (κ2) is 7.46. The lowest BCUT2D eigenvalue weighted by Gasteiger charge is -2.16. The van der Waals surface area contributed by atoms with Crippen LogP contribution in [0.1, 0.15) is 18.0 Å². The number of hydrogen-bond acceptors (Lipinski definition) is 10. The molecule has 0 bridgehead atoms. The first-order valence-corrected chi connectivity index (χ1v) is 11.2. The summed E-state index contributed by atoms with van der Waals surface area (Å²) in [5, 5.41) is 11.0. The summed E-state index contributed by atoms with van der Waals surface area (Å²) in [6.07, 6.45) is 0. The second-order valence-electron chi connectivity index (χ2n) is 5.55. The molecule has 0 fully saturated rings. The summed E-state index contributed by atoms with van der Waals surface area (Å²) in [6.45, 7) is 3.01. The highest BCUT2D eigenvalue weighted by molar-refractivity contribution is 7.86. The second-order valence-corrected chi connectivity index (χ2v) is 9.55. The van der Waals surface area contributed by atoms with Gasteiger partial charge in [0, 0.05) is 0 Å². The van der Waals surface area contributed by atoms with Gasteiger partial charge in [0.2, 0.25) is 5.13 Å². The predicted molar refractivity (Wildman–Crippen MR) is 104 cm³/mol. The summed E-state index contributed by atoms with van der Waals surface area (Å²) in [4.78, 5) is 3.74. The largest absolute Gasteiger partial charge is 0.771 e. The van der Waals surface area contributed by atoms with E-state index >= 15 is 0 Å². The van der Waals surface area contributed by atoms with Gasteiger partial charge in [-0.1, -0.05) is 22.9 Å². The number of azo groups is 1. The van der Waals surface area contributed by atoms with E-state index in [1.807, 2.05) is 0 Å². The summed E-state index contributed by atoms with van der Waals surface area (Å²) in [7, 11) is -4.48. The van der Waals surface area contributed by atoms with Crippen molar-refractivity contribution >= 4 is 71.0 Å². The van der Waals surface area contributed by atoms with Crippen molar-refractivity contribution < 1.29 is 21.7 Å². The Bertz CT molecular complexity index is 1240. The van der Waals surface area contributed by atoms with Gasteiger partial charge < -0.3 is 10.3 Å².